The van der Waals surface area contributed by atoms with Crippen molar-refractivity contribution < 1.29 is 17.9 Å². The van der Waals surface area contributed by atoms with Crippen LogP contribution in [0.2, 0.25) is 0 Å². The Morgan fingerprint density at radius 1 is 1.00 bits per heavy atom. The van der Waals surface area contributed by atoms with Crippen molar-refractivity contribution in [2.75, 3.05) is 20.2 Å². The lowest BCUT2D eigenvalue weighted by Gasteiger charge is -2.31. The highest BCUT2D eigenvalue weighted by Crippen LogP contribution is 2.31. The van der Waals surface area contributed by atoms with Gasteiger partial charge in [0.1, 0.15) is 22.5 Å². The van der Waals surface area contributed by atoms with Crippen molar-refractivity contribution in [3.05, 3.63) is 53.6 Å². The van der Waals surface area contributed by atoms with E-state index >= 15 is 0 Å². The molecule has 0 N–H and O–H groups in total. The Hall–Kier alpha value is -2.05. The van der Waals surface area contributed by atoms with Gasteiger partial charge in [-0.1, -0.05) is 18.2 Å². The molecule has 0 saturated carbocycles. The number of ether oxygens (including phenoxy) is 2. The molecule has 6 heteroatoms. The zero-order valence-electron chi connectivity index (χ0n) is 15.4. The first-order valence-electron chi connectivity index (χ1n) is 8.79. The van der Waals surface area contributed by atoms with Gasteiger partial charge in [0.15, 0.2) is 0 Å². The number of hydrogen-bond donors (Lipinski definition) is 0. The van der Waals surface area contributed by atoms with Crippen molar-refractivity contribution >= 4 is 10.0 Å². The standard InChI is InChI=1S/C20H25NO4S/c1-15-13-19(24-3)20(14-16(15)2)26(22,23)21-11-9-18(10-12-21)25-17-7-5-4-6-8-17/h4-8,13-14,18H,9-12H2,1-3H3. The summed E-state index contributed by atoms with van der Waals surface area (Å²) in [7, 11) is -2.08. The first-order chi connectivity index (χ1) is 12.4. The highest BCUT2D eigenvalue weighted by molar-refractivity contribution is 7.89. The molecule has 5 nitrogen and oxygen atoms in total. The Morgan fingerprint density at radius 3 is 2.23 bits per heavy atom. The van der Waals surface area contributed by atoms with Gasteiger partial charge >= 0.3 is 0 Å². The quantitative estimate of drug-likeness (QED) is 0.802. The molecule has 1 fully saturated rings. The maximum absolute atomic E-state index is 13.1. The molecule has 140 valence electrons. The molecule has 1 heterocycles. The van der Waals surface area contributed by atoms with Crippen LogP contribution in [0.3, 0.4) is 0 Å². The molecule has 3 rings (SSSR count). The minimum atomic E-state index is -3.59. The highest BCUT2D eigenvalue weighted by Gasteiger charge is 2.32. The number of nitrogens with zero attached hydrogens (tertiary/aromatic N) is 1. The van der Waals surface area contributed by atoms with Crippen LogP contribution in [0.5, 0.6) is 11.5 Å². The van der Waals surface area contributed by atoms with Crippen LogP contribution in [0.25, 0.3) is 0 Å². The van der Waals surface area contributed by atoms with Gasteiger partial charge in [-0.2, -0.15) is 4.31 Å². The van der Waals surface area contributed by atoms with Gasteiger partial charge in [0.25, 0.3) is 0 Å². The molecule has 1 aliphatic heterocycles. The summed E-state index contributed by atoms with van der Waals surface area (Å²) in [5.41, 5.74) is 1.95. The number of aryl methyl sites for hydroxylation is 2. The molecular formula is C20H25NO4S. The third-order valence-corrected chi connectivity index (χ3v) is 6.76. The second-order valence-electron chi connectivity index (χ2n) is 6.62. The van der Waals surface area contributed by atoms with E-state index in [-0.39, 0.29) is 11.0 Å². The average molecular weight is 375 g/mol. The van der Waals surface area contributed by atoms with E-state index in [2.05, 4.69) is 0 Å². The molecule has 1 aliphatic rings. The Kier molecular flexibility index (Phi) is 5.53. The normalized spacial score (nSPS) is 16.4. The first-order valence-corrected chi connectivity index (χ1v) is 10.2. The van der Waals surface area contributed by atoms with Crippen molar-refractivity contribution in [1.29, 1.82) is 0 Å². The molecule has 0 radical (unpaired) electrons. The fourth-order valence-electron chi connectivity index (χ4n) is 3.15. The van der Waals surface area contributed by atoms with E-state index < -0.39 is 10.0 Å². The van der Waals surface area contributed by atoms with Crippen LogP contribution >= 0.6 is 0 Å². The number of methoxy groups -OCH3 is 1. The molecule has 0 unspecified atom stereocenters. The number of para-hydroxylation sites is 1. The van der Waals surface area contributed by atoms with Gasteiger partial charge in [0.2, 0.25) is 10.0 Å². The molecule has 0 aliphatic carbocycles. The molecule has 0 bridgehead atoms. The summed E-state index contributed by atoms with van der Waals surface area (Å²) in [6, 6.07) is 13.1. The van der Waals surface area contributed by atoms with Crippen molar-refractivity contribution in [1.82, 2.24) is 4.31 Å². The number of benzene rings is 2. The summed E-state index contributed by atoms with van der Waals surface area (Å²) >= 11 is 0. The average Bonchev–Trinajstić information content (AvgIpc) is 2.65. The molecule has 0 amide bonds. The summed E-state index contributed by atoms with van der Waals surface area (Å²) in [6.45, 7) is 4.74. The lowest BCUT2D eigenvalue weighted by atomic mass is 10.1. The maximum Gasteiger partial charge on any atom is 0.246 e. The van der Waals surface area contributed by atoms with Gasteiger partial charge in [0, 0.05) is 13.1 Å². The van der Waals surface area contributed by atoms with Crippen molar-refractivity contribution in [2.24, 2.45) is 0 Å². The Bertz CT molecular complexity index is 857. The zero-order valence-corrected chi connectivity index (χ0v) is 16.3. The number of sulfonamides is 1. The van der Waals surface area contributed by atoms with Crippen molar-refractivity contribution in [2.45, 2.75) is 37.7 Å². The fourth-order valence-corrected chi connectivity index (χ4v) is 4.84. The highest BCUT2D eigenvalue weighted by atomic mass is 32.2. The Balaban J connectivity index is 1.73. The van der Waals surface area contributed by atoms with Gasteiger partial charge in [-0.25, -0.2) is 8.42 Å². The summed E-state index contributed by atoms with van der Waals surface area (Å²) < 4.78 is 39.0. The minimum absolute atomic E-state index is 0.0329. The molecule has 0 spiro atoms. The van der Waals surface area contributed by atoms with E-state index in [0.717, 1.165) is 16.9 Å². The molecule has 0 aromatic heterocycles. The van der Waals surface area contributed by atoms with Crippen LogP contribution in [-0.4, -0.2) is 39.0 Å². The second kappa shape index (κ2) is 7.68. The van der Waals surface area contributed by atoms with Crippen molar-refractivity contribution in [3.63, 3.8) is 0 Å². The van der Waals surface area contributed by atoms with Gasteiger partial charge in [-0.3, -0.25) is 0 Å². The Labute approximate surface area is 155 Å². The minimum Gasteiger partial charge on any atom is -0.495 e. The largest absolute Gasteiger partial charge is 0.495 e. The van der Waals surface area contributed by atoms with Crippen LogP contribution in [0, 0.1) is 13.8 Å². The van der Waals surface area contributed by atoms with E-state index in [4.69, 9.17) is 9.47 Å². The molecule has 2 aromatic carbocycles. The zero-order chi connectivity index (χ0) is 18.7. The van der Waals surface area contributed by atoms with Gasteiger partial charge in [-0.15, -0.1) is 0 Å². The van der Waals surface area contributed by atoms with E-state index in [1.54, 1.807) is 12.1 Å². The lowest BCUT2D eigenvalue weighted by molar-refractivity contribution is 0.135. The van der Waals surface area contributed by atoms with E-state index in [1.807, 2.05) is 44.2 Å². The van der Waals surface area contributed by atoms with Crippen LogP contribution in [0.1, 0.15) is 24.0 Å². The fraction of sp³-hybridized carbons (Fsp3) is 0.400. The second-order valence-corrected chi connectivity index (χ2v) is 8.53. The molecular weight excluding hydrogens is 350 g/mol. The number of rotatable bonds is 5. The van der Waals surface area contributed by atoms with Crippen LogP contribution in [0.4, 0.5) is 0 Å². The summed E-state index contributed by atoms with van der Waals surface area (Å²) in [4.78, 5) is 0.241. The summed E-state index contributed by atoms with van der Waals surface area (Å²) in [5, 5.41) is 0. The third kappa shape index (κ3) is 3.86. The predicted octanol–water partition coefficient (Wildman–Crippen LogP) is 3.54. The predicted molar refractivity (Wildman–Crippen MR) is 101 cm³/mol. The van der Waals surface area contributed by atoms with Gasteiger partial charge < -0.3 is 9.47 Å². The lowest BCUT2D eigenvalue weighted by Crippen LogP contribution is -2.41. The third-order valence-electron chi connectivity index (χ3n) is 4.84. The maximum atomic E-state index is 13.1. The van der Waals surface area contributed by atoms with E-state index in [1.165, 1.54) is 11.4 Å². The Morgan fingerprint density at radius 2 is 1.62 bits per heavy atom. The van der Waals surface area contributed by atoms with Gasteiger partial charge in [0.05, 0.1) is 7.11 Å². The molecule has 1 saturated heterocycles. The molecule has 2 aromatic rings. The van der Waals surface area contributed by atoms with Crippen LogP contribution in [-0.2, 0) is 10.0 Å². The SMILES string of the molecule is COc1cc(C)c(C)cc1S(=O)(=O)N1CCC(Oc2ccccc2)CC1. The summed E-state index contributed by atoms with van der Waals surface area (Å²) in [5.74, 6) is 1.22. The monoisotopic (exact) mass is 375 g/mol. The number of piperidine rings is 1. The molecule has 0 atom stereocenters. The van der Waals surface area contributed by atoms with Crippen LogP contribution in [0.15, 0.2) is 47.4 Å². The van der Waals surface area contributed by atoms with Gasteiger partial charge in [-0.05, 0) is 62.1 Å². The smallest absolute Gasteiger partial charge is 0.246 e. The summed E-state index contributed by atoms with van der Waals surface area (Å²) in [6.07, 6.45) is 1.37. The number of hydrogen-bond acceptors (Lipinski definition) is 4. The van der Waals surface area contributed by atoms with Crippen LogP contribution < -0.4 is 9.47 Å². The molecule has 26 heavy (non-hydrogen) atoms. The van der Waals surface area contributed by atoms with E-state index in [0.29, 0.717) is 31.7 Å². The topological polar surface area (TPSA) is 55.8 Å². The van der Waals surface area contributed by atoms with E-state index in [9.17, 15) is 8.42 Å². The first kappa shape index (κ1) is 18.7. The van der Waals surface area contributed by atoms with Crippen molar-refractivity contribution in [3.8, 4) is 11.5 Å².